The molecule has 0 spiro atoms. The van der Waals surface area contributed by atoms with Gasteiger partial charge in [-0.2, -0.15) is 0 Å². The lowest BCUT2D eigenvalue weighted by Crippen LogP contribution is -2.12. The lowest BCUT2D eigenvalue weighted by atomic mass is 9.93. The van der Waals surface area contributed by atoms with Gasteiger partial charge in [0.25, 0.3) is 5.91 Å². The fourth-order valence-corrected chi connectivity index (χ4v) is 2.81. The number of halogens is 1. The van der Waals surface area contributed by atoms with Crippen molar-refractivity contribution in [2.45, 2.75) is 34.1 Å². The average Bonchev–Trinajstić information content (AvgIpc) is 2.63. The van der Waals surface area contributed by atoms with Crippen molar-refractivity contribution in [1.82, 2.24) is 0 Å². The summed E-state index contributed by atoms with van der Waals surface area (Å²) in [4.78, 5) is 15.8. The van der Waals surface area contributed by atoms with Gasteiger partial charge in [0.05, 0.1) is 11.3 Å². The SMILES string of the molecule is C/C=C(N=CCC)/C(=C\c1ccc(C(N)=O)c(F)c1)c1cccc(C)c1C. The van der Waals surface area contributed by atoms with Gasteiger partial charge in [0.2, 0.25) is 0 Å². The molecule has 0 saturated heterocycles. The van der Waals surface area contributed by atoms with Crippen molar-refractivity contribution in [3.63, 3.8) is 0 Å². The van der Waals surface area contributed by atoms with Gasteiger partial charge in [-0.1, -0.05) is 37.3 Å². The Balaban J connectivity index is 2.67. The first-order valence-electron chi connectivity index (χ1n) is 8.95. The lowest BCUT2D eigenvalue weighted by molar-refractivity contribution is 0.0996. The Morgan fingerprint density at radius 3 is 2.52 bits per heavy atom. The third-order valence-electron chi connectivity index (χ3n) is 4.43. The molecule has 2 aromatic rings. The zero-order valence-corrected chi connectivity index (χ0v) is 16.2. The summed E-state index contributed by atoms with van der Waals surface area (Å²) in [6, 6.07) is 10.5. The highest BCUT2D eigenvalue weighted by molar-refractivity contribution is 5.95. The molecule has 0 aliphatic heterocycles. The maximum absolute atomic E-state index is 14.2. The van der Waals surface area contributed by atoms with Crippen LogP contribution in [0.2, 0.25) is 0 Å². The number of rotatable bonds is 6. The van der Waals surface area contributed by atoms with E-state index in [-0.39, 0.29) is 5.56 Å². The molecule has 0 atom stereocenters. The van der Waals surface area contributed by atoms with Gasteiger partial charge in [0.15, 0.2) is 0 Å². The van der Waals surface area contributed by atoms with Crippen molar-refractivity contribution < 1.29 is 9.18 Å². The van der Waals surface area contributed by atoms with Crippen molar-refractivity contribution in [2.24, 2.45) is 10.7 Å². The standard InChI is InChI=1S/C23H25FN2O/c1-5-12-26-22(6-2)20(18-9-7-8-15(3)16(18)4)13-17-10-11-19(23(25)27)21(24)14-17/h6-14H,5H2,1-4H3,(H2,25,27)/b20-13-,22-6-,26-12?. The highest BCUT2D eigenvalue weighted by Gasteiger charge is 2.13. The first-order valence-corrected chi connectivity index (χ1v) is 8.95. The van der Waals surface area contributed by atoms with Crippen LogP contribution in [-0.4, -0.2) is 12.1 Å². The summed E-state index contributed by atoms with van der Waals surface area (Å²) in [6.45, 7) is 8.07. The predicted octanol–water partition coefficient (Wildman–Crippen LogP) is 5.47. The summed E-state index contributed by atoms with van der Waals surface area (Å²) in [7, 11) is 0. The van der Waals surface area contributed by atoms with Crippen LogP contribution in [0.15, 0.2) is 53.2 Å². The molecule has 0 heterocycles. The van der Waals surface area contributed by atoms with Crippen LogP contribution in [0.4, 0.5) is 4.39 Å². The summed E-state index contributed by atoms with van der Waals surface area (Å²) < 4.78 is 14.2. The highest BCUT2D eigenvalue weighted by atomic mass is 19.1. The Labute approximate surface area is 160 Å². The molecule has 0 unspecified atom stereocenters. The quantitative estimate of drug-likeness (QED) is 0.413. The Hall–Kier alpha value is -3.01. The second-order valence-corrected chi connectivity index (χ2v) is 6.30. The van der Waals surface area contributed by atoms with Crippen LogP contribution in [0.5, 0.6) is 0 Å². The van der Waals surface area contributed by atoms with E-state index in [0.29, 0.717) is 5.56 Å². The predicted molar refractivity (Wildman–Crippen MR) is 111 cm³/mol. The van der Waals surface area contributed by atoms with E-state index in [0.717, 1.165) is 28.8 Å². The largest absolute Gasteiger partial charge is 0.366 e. The van der Waals surface area contributed by atoms with Gasteiger partial charge in [0, 0.05) is 11.8 Å². The van der Waals surface area contributed by atoms with Crippen LogP contribution >= 0.6 is 0 Å². The number of primary amides is 1. The highest BCUT2D eigenvalue weighted by Crippen LogP contribution is 2.31. The molecule has 2 aromatic carbocycles. The molecule has 0 radical (unpaired) electrons. The molecule has 2 rings (SSSR count). The fraction of sp³-hybridized carbons (Fsp3) is 0.217. The smallest absolute Gasteiger partial charge is 0.251 e. The number of hydrogen-bond donors (Lipinski definition) is 1. The molecule has 4 heteroatoms. The van der Waals surface area contributed by atoms with Gasteiger partial charge in [-0.3, -0.25) is 9.79 Å². The summed E-state index contributed by atoms with van der Waals surface area (Å²) in [6.07, 6.45) is 6.50. The molecule has 27 heavy (non-hydrogen) atoms. The Morgan fingerprint density at radius 2 is 1.93 bits per heavy atom. The van der Waals surface area contributed by atoms with E-state index in [9.17, 15) is 9.18 Å². The van der Waals surface area contributed by atoms with Gasteiger partial charge < -0.3 is 5.73 Å². The molecule has 140 valence electrons. The number of aryl methyl sites for hydroxylation is 1. The molecular weight excluding hydrogens is 339 g/mol. The van der Waals surface area contributed by atoms with Crippen LogP contribution in [0.25, 0.3) is 11.6 Å². The molecular formula is C23H25FN2O. The van der Waals surface area contributed by atoms with E-state index in [1.807, 2.05) is 44.3 Å². The van der Waals surface area contributed by atoms with E-state index in [4.69, 9.17) is 5.73 Å². The number of benzene rings is 2. The van der Waals surface area contributed by atoms with E-state index in [1.54, 1.807) is 6.07 Å². The molecule has 0 fully saturated rings. The number of carbonyl (C=O) groups is 1. The summed E-state index contributed by atoms with van der Waals surface area (Å²) in [5.74, 6) is -1.41. The van der Waals surface area contributed by atoms with Crippen LogP contribution in [0.1, 0.15) is 52.9 Å². The third-order valence-corrected chi connectivity index (χ3v) is 4.43. The molecule has 0 saturated carbocycles. The van der Waals surface area contributed by atoms with E-state index < -0.39 is 11.7 Å². The van der Waals surface area contributed by atoms with Crippen LogP contribution < -0.4 is 5.73 Å². The molecule has 1 amide bonds. The van der Waals surface area contributed by atoms with E-state index in [1.165, 1.54) is 17.7 Å². The van der Waals surface area contributed by atoms with Crippen molar-refractivity contribution in [2.75, 3.05) is 0 Å². The number of allylic oxidation sites excluding steroid dienone is 2. The number of nitrogens with zero attached hydrogens (tertiary/aromatic N) is 1. The average molecular weight is 364 g/mol. The van der Waals surface area contributed by atoms with Crippen LogP contribution in [-0.2, 0) is 0 Å². The van der Waals surface area contributed by atoms with E-state index >= 15 is 0 Å². The first kappa shape index (κ1) is 20.3. The van der Waals surface area contributed by atoms with Gasteiger partial charge >= 0.3 is 0 Å². The minimum absolute atomic E-state index is 0.115. The van der Waals surface area contributed by atoms with Crippen molar-refractivity contribution >= 4 is 23.8 Å². The Morgan fingerprint density at radius 1 is 1.19 bits per heavy atom. The van der Waals surface area contributed by atoms with Gasteiger partial charge in [-0.15, -0.1) is 0 Å². The van der Waals surface area contributed by atoms with Gasteiger partial charge in [-0.05, 0) is 67.7 Å². The molecule has 0 aromatic heterocycles. The minimum Gasteiger partial charge on any atom is -0.366 e. The Kier molecular flexibility index (Phi) is 6.83. The van der Waals surface area contributed by atoms with Gasteiger partial charge in [-0.25, -0.2) is 4.39 Å². The topological polar surface area (TPSA) is 55.4 Å². The molecule has 0 aliphatic rings. The third kappa shape index (κ3) is 4.79. The second kappa shape index (κ2) is 9.08. The summed E-state index contributed by atoms with van der Waals surface area (Å²) in [5.41, 5.74) is 10.8. The number of hydrogen-bond acceptors (Lipinski definition) is 2. The number of nitrogens with two attached hydrogens (primary N) is 1. The fourth-order valence-electron chi connectivity index (χ4n) is 2.81. The summed E-state index contributed by atoms with van der Waals surface area (Å²) >= 11 is 0. The first-order chi connectivity index (χ1) is 12.9. The Bertz CT molecular complexity index is 939. The van der Waals surface area contributed by atoms with Crippen LogP contribution in [0.3, 0.4) is 0 Å². The molecule has 0 aliphatic carbocycles. The van der Waals surface area contributed by atoms with Gasteiger partial charge in [0.1, 0.15) is 5.82 Å². The number of aliphatic imine (C=N–C) groups is 1. The maximum Gasteiger partial charge on any atom is 0.251 e. The zero-order chi connectivity index (χ0) is 20.0. The molecule has 3 nitrogen and oxygen atoms in total. The molecule has 0 bridgehead atoms. The van der Waals surface area contributed by atoms with Crippen molar-refractivity contribution in [1.29, 1.82) is 0 Å². The second-order valence-electron chi connectivity index (χ2n) is 6.30. The van der Waals surface area contributed by atoms with Crippen LogP contribution in [0, 0.1) is 19.7 Å². The number of carbonyl (C=O) groups excluding carboxylic acids is 1. The zero-order valence-electron chi connectivity index (χ0n) is 16.2. The van der Waals surface area contributed by atoms with Crippen molar-refractivity contribution in [3.05, 3.63) is 81.8 Å². The number of amides is 1. The van der Waals surface area contributed by atoms with E-state index in [2.05, 4.69) is 24.9 Å². The molecule has 2 N–H and O–H groups in total. The monoisotopic (exact) mass is 364 g/mol. The normalized spacial score (nSPS) is 12.6. The maximum atomic E-state index is 14.2. The summed E-state index contributed by atoms with van der Waals surface area (Å²) in [5, 5.41) is 0. The minimum atomic E-state index is -0.778. The lowest BCUT2D eigenvalue weighted by Gasteiger charge is -2.14. The van der Waals surface area contributed by atoms with Crippen molar-refractivity contribution in [3.8, 4) is 0 Å².